The molecule has 16 heavy (non-hydrogen) atoms. The monoisotopic (exact) mass is 256 g/mol. The van der Waals surface area contributed by atoms with Crippen molar-refractivity contribution in [1.29, 1.82) is 0 Å². The van der Waals surface area contributed by atoms with Gasteiger partial charge in [0.05, 0.1) is 0 Å². The van der Waals surface area contributed by atoms with Crippen LogP contribution >= 0.6 is 23.4 Å². The van der Waals surface area contributed by atoms with Crippen molar-refractivity contribution in [2.75, 3.05) is 23.7 Å². The van der Waals surface area contributed by atoms with Gasteiger partial charge in [0, 0.05) is 41.3 Å². The predicted molar refractivity (Wildman–Crippen MR) is 73.5 cm³/mol. The molecule has 1 atom stereocenters. The van der Waals surface area contributed by atoms with Gasteiger partial charge in [-0.15, -0.1) is 0 Å². The van der Waals surface area contributed by atoms with E-state index in [1.807, 2.05) is 23.9 Å². The van der Waals surface area contributed by atoms with Crippen LogP contribution in [-0.4, -0.2) is 24.1 Å². The van der Waals surface area contributed by atoms with Crippen molar-refractivity contribution < 1.29 is 0 Å². The molecular formula is C12H17ClN2S. The second-order valence-corrected chi connectivity index (χ2v) is 6.06. The zero-order chi connectivity index (χ0) is 11.5. The number of thioether (sulfide) groups is 1. The Bertz CT molecular complexity index is 370. The van der Waals surface area contributed by atoms with Gasteiger partial charge < -0.3 is 10.6 Å². The van der Waals surface area contributed by atoms with Crippen molar-refractivity contribution in [2.24, 2.45) is 5.73 Å². The molecule has 0 aromatic heterocycles. The van der Waals surface area contributed by atoms with Gasteiger partial charge in [0.2, 0.25) is 0 Å². The lowest BCUT2D eigenvalue weighted by Gasteiger charge is -2.32. The normalized spacial score (nSPS) is 21.2. The summed E-state index contributed by atoms with van der Waals surface area (Å²) < 4.78 is 0. The smallest absolute Gasteiger partial charge is 0.0471 e. The van der Waals surface area contributed by atoms with Crippen LogP contribution in [0.5, 0.6) is 0 Å². The topological polar surface area (TPSA) is 29.3 Å². The molecule has 0 bridgehead atoms. The van der Waals surface area contributed by atoms with Crippen LogP contribution in [0.15, 0.2) is 18.2 Å². The summed E-state index contributed by atoms with van der Waals surface area (Å²) in [4.78, 5) is 2.40. The van der Waals surface area contributed by atoms with Crippen LogP contribution in [0.3, 0.4) is 0 Å². The van der Waals surface area contributed by atoms with Gasteiger partial charge in [-0.1, -0.05) is 24.6 Å². The van der Waals surface area contributed by atoms with Crippen molar-refractivity contribution in [2.45, 2.75) is 18.7 Å². The highest BCUT2D eigenvalue weighted by atomic mass is 35.5. The van der Waals surface area contributed by atoms with Crippen LogP contribution < -0.4 is 10.6 Å². The van der Waals surface area contributed by atoms with Gasteiger partial charge in [0.15, 0.2) is 0 Å². The van der Waals surface area contributed by atoms with Crippen LogP contribution in [0.1, 0.15) is 12.5 Å². The Hall–Kier alpha value is -0.380. The van der Waals surface area contributed by atoms with E-state index in [2.05, 4.69) is 17.9 Å². The Kier molecular flexibility index (Phi) is 4.00. The van der Waals surface area contributed by atoms with Crippen LogP contribution in [-0.2, 0) is 6.54 Å². The molecule has 1 fully saturated rings. The number of halogens is 1. The third-order valence-electron chi connectivity index (χ3n) is 2.86. The first kappa shape index (κ1) is 12.1. The van der Waals surface area contributed by atoms with Crippen LogP contribution in [0, 0.1) is 0 Å². The first-order chi connectivity index (χ1) is 7.70. The van der Waals surface area contributed by atoms with Crippen molar-refractivity contribution >= 4 is 29.1 Å². The molecule has 0 spiro atoms. The third kappa shape index (κ3) is 2.65. The van der Waals surface area contributed by atoms with E-state index >= 15 is 0 Å². The summed E-state index contributed by atoms with van der Waals surface area (Å²) in [6, 6.07) is 6.19. The Labute approximate surface area is 106 Å². The molecule has 0 amide bonds. The second-order valence-electron chi connectivity index (χ2n) is 4.11. The number of hydrogen-bond acceptors (Lipinski definition) is 3. The van der Waals surface area contributed by atoms with Crippen molar-refractivity contribution in [3.63, 3.8) is 0 Å². The molecule has 1 aliphatic heterocycles. The lowest BCUT2D eigenvalue weighted by Crippen LogP contribution is -2.36. The van der Waals surface area contributed by atoms with Gasteiger partial charge in [-0.2, -0.15) is 11.8 Å². The highest BCUT2D eigenvalue weighted by molar-refractivity contribution is 8.00. The van der Waals surface area contributed by atoms with E-state index in [1.165, 1.54) is 11.4 Å². The van der Waals surface area contributed by atoms with E-state index < -0.39 is 0 Å². The van der Waals surface area contributed by atoms with Crippen LogP contribution in [0.4, 0.5) is 5.69 Å². The minimum atomic E-state index is 0.505. The van der Waals surface area contributed by atoms with E-state index in [-0.39, 0.29) is 0 Å². The lowest BCUT2D eigenvalue weighted by molar-refractivity contribution is 0.782. The van der Waals surface area contributed by atoms with E-state index in [4.69, 9.17) is 17.3 Å². The molecule has 1 heterocycles. The molecule has 4 heteroatoms. The fourth-order valence-corrected chi connectivity index (χ4v) is 3.22. The summed E-state index contributed by atoms with van der Waals surface area (Å²) in [6.45, 7) is 4.98. The average Bonchev–Trinajstić information content (AvgIpc) is 2.29. The molecule has 2 N–H and O–H groups in total. The van der Waals surface area contributed by atoms with Crippen molar-refractivity contribution in [3.05, 3.63) is 28.8 Å². The zero-order valence-electron chi connectivity index (χ0n) is 9.45. The summed E-state index contributed by atoms with van der Waals surface area (Å²) in [5, 5.41) is 1.48. The number of nitrogens with two attached hydrogens (primary N) is 1. The Morgan fingerprint density at radius 2 is 2.38 bits per heavy atom. The summed E-state index contributed by atoms with van der Waals surface area (Å²) in [5.41, 5.74) is 7.84. The maximum absolute atomic E-state index is 6.17. The molecule has 88 valence electrons. The highest BCUT2D eigenvalue weighted by Gasteiger charge is 2.17. The summed E-state index contributed by atoms with van der Waals surface area (Å²) >= 11 is 8.21. The molecule has 0 aliphatic carbocycles. The standard InChI is InChI=1S/C12H17ClN2S/c1-9-8-15(4-5-16-9)11-3-2-10(7-14)12(13)6-11/h2-3,6,9H,4-5,7-8,14H2,1H3. The quantitative estimate of drug-likeness (QED) is 0.882. The molecule has 1 saturated heterocycles. The lowest BCUT2D eigenvalue weighted by atomic mass is 10.2. The molecule has 1 unspecified atom stereocenters. The largest absolute Gasteiger partial charge is 0.370 e. The maximum atomic E-state index is 6.17. The van der Waals surface area contributed by atoms with Gasteiger partial charge in [-0.05, 0) is 17.7 Å². The molecule has 0 radical (unpaired) electrons. The molecule has 2 nitrogen and oxygen atoms in total. The Balaban J connectivity index is 2.17. The van der Waals surface area contributed by atoms with Gasteiger partial charge >= 0.3 is 0 Å². The molecule has 1 aromatic rings. The highest BCUT2D eigenvalue weighted by Crippen LogP contribution is 2.27. The molecule has 1 aliphatic rings. The van der Waals surface area contributed by atoms with Gasteiger partial charge in [0.1, 0.15) is 0 Å². The number of anilines is 1. The van der Waals surface area contributed by atoms with Crippen LogP contribution in [0.2, 0.25) is 5.02 Å². The average molecular weight is 257 g/mol. The Morgan fingerprint density at radius 1 is 1.56 bits per heavy atom. The van der Waals surface area contributed by atoms with Gasteiger partial charge in [-0.25, -0.2) is 0 Å². The fourth-order valence-electron chi connectivity index (χ4n) is 1.95. The van der Waals surface area contributed by atoms with Crippen molar-refractivity contribution in [3.8, 4) is 0 Å². The van der Waals surface area contributed by atoms with E-state index in [0.29, 0.717) is 11.8 Å². The number of hydrogen-bond donors (Lipinski definition) is 1. The van der Waals surface area contributed by atoms with Crippen molar-refractivity contribution in [1.82, 2.24) is 0 Å². The van der Waals surface area contributed by atoms with Gasteiger partial charge in [-0.3, -0.25) is 0 Å². The fraction of sp³-hybridized carbons (Fsp3) is 0.500. The first-order valence-corrected chi connectivity index (χ1v) is 6.98. The van der Waals surface area contributed by atoms with E-state index in [1.54, 1.807) is 0 Å². The molecule has 2 rings (SSSR count). The Morgan fingerprint density at radius 3 is 3.00 bits per heavy atom. The molecular weight excluding hydrogens is 240 g/mol. The number of nitrogens with zero attached hydrogens (tertiary/aromatic N) is 1. The summed E-state index contributed by atoms with van der Waals surface area (Å²) in [7, 11) is 0. The summed E-state index contributed by atoms with van der Waals surface area (Å²) in [6.07, 6.45) is 0. The van der Waals surface area contributed by atoms with E-state index in [0.717, 1.165) is 23.7 Å². The van der Waals surface area contributed by atoms with Gasteiger partial charge in [0.25, 0.3) is 0 Å². The van der Waals surface area contributed by atoms with Crippen LogP contribution in [0.25, 0.3) is 0 Å². The molecule has 0 saturated carbocycles. The first-order valence-electron chi connectivity index (χ1n) is 5.55. The summed E-state index contributed by atoms with van der Waals surface area (Å²) in [5.74, 6) is 1.19. The third-order valence-corrected chi connectivity index (χ3v) is 4.35. The SMILES string of the molecule is CC1CN(c2ccc(CN)c(Cl)c2)CCS1. The maximum Gasteiger partial charge on any atom is 0.0471 e. The zero-order valence-corrected chi connectivity index (χ0v) is 11.0. The minimum Gasteiger partial charge on any atom is -0.370 e. The number of rotatable bonds is 2. The number of benzene rings is 1. The minimum absolute atomic E-state index is 0.505. The predicted octanol–water partition coefficient (Wildman–Crippen LogP) is 2.74. The second kappa shape index (κ2) is 5.30. The van der Waals surface area contributed by atoms with E-state index in [9.17, 15) is 0 Å². The molecule has 1 aromatic carbocycles.